The lowest BCUT2D eigenvalue weighted by Crippen LogP contribution is -2.25. The topological polar surface area (TPSA) is 50.7 Å². The smallest absolute Gasteiger partial charge is 0.316 e. The Bertz CT molecular complexity index is 1110. The number of benzene rings is 2. The van der Waals surface area contributed by atoms with E-state index in [1.165, 1.54) is 6.07 Å². The SMILES string of the molecule is COc1ncc(CN2CCOc3c(Cl)cc(N4Cc5ccc(F)cc5C4)cc3C2)cn1. The van der Waals surface area contributed by atoms with Gasteiger partial charge >= 0.3 is 6.01 Å². The molecule has 3 heterocycles. The Kier molecular flexibility index (Phi) is 5.38. The highest BCUT2D eigenvalue weighted by Gasteiger charge is 2.24. The van der Waals surface area contributed by atoms with E-state index in [1.807, 2.05) is 12.1 Å². The molecular formula is C23H22ClFN4O2. The summed E-state index contributed by atoms with van der Waals surface area (Å²) in [6, 6.07) is 9.42. The maximum absolute atomic E-state index is 13.6. The van der Waals surface area contributed by atoms with Gasteiger partial charge < -0.3 is 14.4 Å². The maximum atomic E-state index is 13.6. The van der Waals surface area contributed by atoms with Crippen molar-refractivity contribution >= 4 is 17.3 Å². The van der Waals surface area contributed by atoms with Gasteiger partial charge in [0.05, 0.1) is 12.1 Å². The average molecular weight is 441 g/mol. The zero-order chi connectivity index (χ0) is 21.4. The number of ether oxygens (including phenoxy) is 2. The van der Waals surface area contributed by atoms with Crippen molar-refractivity contribution in [3.8, 4) is 11.8 Å². The van der Waals surface area contributed by atoms with Crippen LogP contribution in [0.15, 0.2) is 42.7 Å². The van der Waals surface area contributed by atoms with E-state index in [0.29, 0.717) is 37.3 Å². The molecule has 2 aliphatic heterocycles. The zero-order valence-corrected chi connectivity index (χ0v) is 17.9. The van der Waals surface area contributed by atoms with Gasteiger partial charge in [-0.05, 0) is 35.4 Å². The van der Waals surface area contributed by atoms with Gasteiger partial charge in [-0.15, -0.1) is 0 Å². The lowest BCUT2D eigenvalue weighted by atomic mass is 10.1. The van der Waals surface area contributed by atoms with Crippen LogP contribution in [0.1, 0.15) is 22.3 Å². The predicted molar refractivity (Wildman–Crippen MR) is 116 cm³/mol. The van der Waals surface area contributed by atoms with E-state index >= 15 is 0 Å². The highest BCUT2D eigenvalue weighted by molar-refractivity contribution is 6.32. The summed E-state index contributed by atoms with van der Waals surface area (Å²) in [5.41, 5.74) is 5.21. The Morgan fingerprint density at radius 1 is 1.06 bits per heavy atom. The van der Waals surface area contributed by atoms with Crippen LogP contribution < -0.4 is 14.4 Å². The number of fused-ring (bicyclic) bond motifs is 2. The van der Waals surface area contributed by atoms with Gasteiger partial charge in [0, 0.05) is 61.9 Å². The monoisotopic (exact) mass is 440 g/mol. The number of aromatic nitrogens is 2. The van der Waals surface area contributed by atoms with E-state index in [0.717, 1.165) is 46.8 Å². The Morgan fingerprint density at radius 2 is 1.87 bits per heavy atom. The van der Waals surface area contributed by atoms with Crippen molar-refractivity contribution in [3.05, 3.63) is 75.8 Å². The lowest BCUT2D eigenvalue weighted by molar-refractivity contribution is 0.219. The average Bonchev–Trinajstić information content (AvgIpc) is 3.07. The lowest BCUT2D eigenvalue weighted by Gasteiger charge is -2.22. The normalized spacial score (nSPS) is 15.8. The van der Waals surface area contributed by atoms with Gasteiger partial charge in [0.15, 0.2) is 0 Å². The molecule has 0 unspecified atom stereocenters. The van der Waals surface area contributed by atoms with Gasteiger partial charge in [0.25, 0.3) is 0 Å². The van der Waals surface area contributed by atoms with Crippen molar-refractivity contribution in [1.29, 1.82) is 0 Å². The molecule has 0 saturated carbocycles. The number of hydrogen-bond acceptors (Lipinski definition) is 6. The van der Waals surface area contributed by atoms with E-state index in [9.17, 15) is 4.39 Å². The fraction of sp³-hybridized carbons (Fsp3) is 0.304. The van der Waals surface area contributed by atoms with Crippen molar-refractivity contribution < 1.29 is 13.9 Å². The minimum Gasteiger partial charge on any atom is -0.490 e. The van der Waals surface area contributed by atoms with Gasteiger partial charge in [-0.25, -0.2) is 14.4 Å². The maximum Gasteiger partial charge on any atom is 0.316 e. The highest BCUT2D eigenvalue weighted by Crippen LogP contribution is 2.38. The molecule has 6 nitrogen and oxygen atoms in total. The van der Waals surface area contributed by atoms with Crippen molar-refractivity contribution in [3.63, 3.8) is 0 Å². The van der Waals surface area contributed by atoms with E-state index in [1.54, 1.807) is 25.6 Å². The van der Waals surface area contributed by atoms with Crippen molar-refractivity contribution in [1.82, 2.24) is 14.9 Å². The Labute approximate surface area is 185 Å². The zero-order valence-electron chi connectivity index (χ0n) is 17.1. The van der Waals surface area contributed by atoms with Crippen LogP contribution in [0.25, 0.3) is 0 Å². The Balaban J connectivity index is 1.37. The second-order valence-electron chi connectivity index (χ2n) is 7.82. The molecule has 3 aromatic rings. The van der Waals surface area contributed by atoms with Crippen molar-refractivity contribution in [2.24, 2.45) is 0 Å². The second kappa shape index (κ2) is 8.32. The summed E-state index contributed by atoms with van der Waals surface area (Å²) in [4.78, 5) is 12.9. The number of methoxy groups -OCH3 is 1. The van der Waals surface area contributed by atoms with E-state index in [4.69, 9.17) is 21.1 Å². The van der Waals surface area contributed by atoms with E-state index in [2.05, 4.69) is 25.8 Å². The third-order valence-corrected chi connectivity index (χ3v) is 5.96. The Morgan fingerprint density at radius 3 is 2.68 bits per heavy atom. The molecule has 0 aliphatic carbocycles. The number of nitrogens with zero attached hydrogens (tertiary/aromatic N) is 4. The van der Waals surface area contributed by atoms with Gasteiger partial charge in [-0.3, -0.25) is 4.90 Å². The number of anilines is 1. The summed E-state index contributed by atoms with van der Waals surface area (Å²) >= 11 is 6.61. The molecule has 0 radical (unpaired) electrons. The molecule has 0 saturated heterocycles. The second-order valence-corrected chi connectivity index (χ2v) is 8.23. The molecule has 0 fully saturated rings. The molecule has 2 aromatic carbocycles. The van der Waals surface area contributed by atoms with E-state index < -0.39 is 0 Å². The van der Waals surface area contributed by atoms with Crippen LogP contribution in [0.5, 0.6) is 11.8 Å². The van der Waals surface area contributed by atoms with Crippen LogP contribution in [0.3, 0.4) is 0 Å². The number of halogens is 2. The largest absolute Gasteiger partial charge is 0.490 e. The molecule has 2 aliphatic rings. The fourth-order valence-corrected chi connectivity index (χ4v) is 4.45. The van der Waals surface area contributed by atoms with Crippen LogP contribution in [0.2, 0.25) is 5.02 Å². The van der Waals surface area contributed by atoms with Gasteiger partial charge in [0.2, 0.25) is 0 Å². The van der Waals surface area contributed by atoms with Crippen LogP contribution >= 0.6 is 11.6 Å². The van der Waals surface area contributed by atoms with Crippen LogP contribution in [-0.4, -0.2) is 35.1 Å². The quantitative estimate of drug-likeness (QED) is 0.606. The summed E-state index contributed by atoms with van der Waals surface area (Å²) in [6.07, 6.45) is 3.56. The van der Waals surface area contributed by atoms with Gasteiger partial charge in [-0.2, -0.15) is 0 Å². The Hall–Kier alpha value is -2.90. The third-order valence-electron chi connectivity index (χ3n) is 5.68. The summed E-state index contributed by atoms with van der Waals surface area (Å²) in [5.74, 6) is 0.536. The van der Waals surface area contributed by atoms with Gasteiger partial charge in [-0.1, -0.05) is 17.7 Å². The first-order valence-electron chi connectivity index (χ1n) is 10.1. The summed E-state index contributed by atoms with van der Waals surface area (Å²) in [7, 11) is 1.55. The third kappa shape index (κ3) is 4.16. The summed E-state index contributed by atoms with van der Waals surface area (Å²) in [6.45, 7) is 4.11. The highest BCUT2D eigenvalue weighted by atomic mass is 35.5. The first kappa shape index (κ1) is 20.0. The first-order valence-corrected chi connectivity index (χ1v) is 10.5. The molecule has 0 amide bonds. The van der Waals surface area contributed by atoms with Gasteiger partial charge in [0.1, 0.15) is 18.2 Å². The molecule has 1 aromatic heterocycles. The standard InChI is InChI=1S/C23H22ClFN4O2/c1-30-23-26-9-15(10-27-23)11-28-4-5-31-22-18(12-28)7-20(8-21(22)24)29-13-16-2-3-19(25)6-17(16)14-29/h2-3,6-10H,4-5,11-14H2,1H3. The fourth-order valence-electron chi connectivity index (χ4n) is 4.16. The van der Waals surface area contributed by atoms with Crippen LogP contribution in [0.4, 0.5) is 10.1 Å². The first-order chi connectivity index (χ1) is 15.1. The molecule has 0 N–H and O–H groups in total. The van der Waals surface area contributed by atoms with Crippen molar-refractivity contribution in [2.75, 3.05) is 25.2 Å². The molecule has 0 spiro atoms. The predicted octanol–water partition coefficient (Wildman–Crippen LogP) is 4.19. The van der Waals surface area contributed by atoms with Crippen LogP contribution in [0, 0.1) is 5.82 Å². The molecule has 0 atom stereocenters. The molecule has 5 rings (SSSR count). The number of hydrogen-bond donors (Lipinski definition) is 0. The number of rotatable bonds is 4. The molecular weight excluding hydrogens is 419 g/mol. The molecule has 0 bridgehead atoms. The minimum absolute atomic E-state index is 0.202. The molecule has 8 heteroatoms. The minimum atomic E-state index is -0.202. The summed E-state index contributed by atoms with van der Waals surface area (Å²) < 4.78 is 24.6. The van der Waals surface area contributed by atoms with E-state index in [-0.39, 0.29) is 5.82 Å². The summed E-state index contributed by atoms with van der Waals surface area (Å²) in [5, 5.41) is 0.601. The molecule has 160 valence electrons. The van der Waals surface area contributed by atoms with Crippen LogP contribution in [-0.2, 0) is 26.2 Å². The van der Waals surface area contributed by atoms with Crippen molar-refractivity contribution in [2.45, 2.75) is 26.2 Å². The molecule has 31 heavy (non-hydrogen) atoms.